The van der Waals surface area contributed by atoms with Crippen molar-refractivity contribution < 1.29 is 9.13 Å². The van der Waals surface area contributed by atoms with E-state index in [2.05, 4.69) is 20.1 Å². The summed E-state index contributed by atoms with van der Waals surface area (Å²) in [4.78, 5) is 7.67. The Kier molecular flexibility index (Phi) is 3.87. The van der Waals surface area contributed by atoms with Crippen LogP contribution in [0.4, 0.5) is 4.39 Å². The summed E-state index contributed by atoms with van der Waals surface area (Å²) in [7, 11) is 0. The van der Waals surface area contributed by atoms with E-state index >= 15 is 0 Å². The van der Waals surface area contributed by atoms with Crippen LogP contribution in [-0.2, 0) is 6.54 Å². The molecule has 1 aliphatic heterocycles. The summed E-state index contributed by atoms with van der Waals surface area (Å²) in [6, 6.07) is 4.60. The molecule has 1 saturated heterocycles. The average Bonchev–Trinajstić information content (AvgIpc) is 3.07. The molecule has 2 aromatic heterocycles. The smallest absolute Gasteiger partial charge is 0.216 e. The van der Waals surface area contributed by atoms with Crippen LogP contribution in [0.1, 0.15) is 6.42 Å². The third-order valence-electron chi connectivity index (χ3n) is 3.29. The van der Waals surface area contributed by atoms with Crippen LogP contribution in [0.15, 0.2) is 30.6 Å². The van der Waals surface area contributed by atoms with Gasteiger partial charge in [0.2, 0.25) is 11.8 Å². The lowest BCUT2D eigenvalue weighted by molar-refractivity contribution is 0.188. The minimum absolute atomic E-state index is 0.0647. The zero-order valence-electron chi connectivity index (χ0n) is 11.0. The maximum Gasteiger partial charge on any atom is 0.216 e. The van der Waals surface area contributed by atoms with Crippen LogP contribution in [0.2, 0.25) is 0 Å². The zero-order chi connectivity index (χ0) is 13.8. The van der Waals surface area contributed by atoms with E-state index < -0.39 is 5.95 Å². The average molecular weight is 277 g/mol. The topological polar surface area (TPSA) is 56.1 Å². The molecule has 3 heterocycles. The number of hydrogen-bond donors (Lipinski definition) is 0. The van der Waals surface area contributed by atoms with Gasteiger partial charge in [0, 0.05) is 25.7 Å². The molecular formula is C13H16FN5O. The lowest BCUT2D eigenvalue weighted by Gasteiger charge is -2.16. The van der Waals surface area contributed by atoms with Gasteiger partial charge in [0.05, 0.1) is 18.9 Å². The molecule has 0 N–H and O–H groups in total. The van der Waals surface area contributed by atoms with Gasteiger partial charge in [-0.25, -0.2) is 0 Å². The molecule has 1 unspecified atom stereocenters. The number of hydrogen-bond acceptors (Lipinski definition) is 5. The Balaban J connectivity index is 1.47. The van der Waals surface area contributed by atoms with Crippen LogP contribution in [0.5, 0.6) is 5.88 Å². The van der Waals surface area contributed by atoms with Crippen molar-refractivity contribution in [1.82, 2.24) is 24.9 Å². The van der Waals surface area contributed by atoms with Crippen LogP contribution in [-0.4, -0.2) is 50.6 Å². The van der Waals surface area contributed by atoms with Crippen LogP contribution in [0.25, 0.3) is 0 Å². The van der Waals surface area contributed by atoms with Crippen LogP contribution in [0, 0.1) is 5.95 Å². The second kappa shape index (κ2) is 5.96. The fourth-order valence-corrected chi connectivity index (χ4v) is 2.31. The molecule has 6 nitrogen and oxygen atoms in total. The Morgan fingerprint density at radius 2 is 2.10 bits per heavy atom. The van der Waals surface area contributed by atoms with E-state index in [9.17, 15) is 4.39 Å². The quantitative estimate of drug-likeness (QED) is 0.762. The largest absolute Gasteiger partial charge is 0.473 e. The van der Waals surface area contributed by atoms with Crippen LogP contribution >= 0.6 is 0 Å². The van der Waals surface area contributed by atoms with Gasteiger partial charge in [0.1, 0.15) is 6.10 Å². The van der Waals surface area contributed by atoms with Crippen LogP contribution < -0.4 is 4.74 Å². The van der Waals surface area contributed by atoms with Crippen molar-refractivity contribution in [3.05, 3.63) is 36.5 Å². The highest BCUT2D eigenvalue weighted by atomic mass is 19.1. The highest BCUT2D eigenvalue weighted by Crippen LogP contribution is 2.16. The fourth-order valence-electron chi connectivity index (χ4n) is 2.31. The molecule has 7 heteroatoms. The normalized spacial score (nSPS) is 19.4. The molecular weight excluding hydrogens is 261 g/mol. The van der Waals surface area contributed by atoms with E-state index in [-0.39, 0.29) is 6.10 Å². The number of nitrogens with zero attached hydrogens (tertiary/aromatic N) is 5. The van der Waals surface area contributed by atoms with Gasteiger partial charge < -0.3 is 4.74 Å². The summed E-state index contributed by atoms with van der Waals surface area (Å²) < 4.78 is 18.7. The molecule has 0 aromatic carbocycles. The number of likely N-dealkylation sites (tertiary alicyclic amines) is 1. The van der Waals surface area contributed by atoms with Crippen molar-refractivity contribution in [2.24, 2.45) is 0 Å². The van der Waals surface area contributed by atoms with Crippen molar-refractivity contribution in [2.45, 2.75) is 19.1 Å². The summed E-state index contributed by atoms with van der Waals surface area (Å²) in [6.07, 6.45) is 4.33. The maximum absolute atomic E-state index is 13.0. The third kappa shape index (κ3) is 3.30. The van der Waals surface area contributed by atoms with Gasteiger partial charge in [-0.1, -0.05) is 6.07 Å². The Bertz CT molecular complexity index is 547. The third-order valence-corrected chi connectivity index (χ3v) is 3.29. The van der Waals surface area contributed by atoms with E-state index in [4.69, 9.17) is 4.74 Å². The molecule has 0 amide bonds. The predicted octanol–water partition coefficient (Wildman–Crippen LogP) is 0.966. The van der Waals surface area contributed by atoms with E-state index in [1.165, 1.54) is 6.07 Å². The van der Waals surface area contributed by atoms with Gasteiger partial charge in [-0.3, -0.25) is 4.90 Å². The fraction of sp³-hybridized carbons (Fsp3) is 0.462. The van der Waals surface area contributed by atoms with Crippen LogP contribution in [0.3, 0.4) is 0 Å². The van der Waals surface area contributed by atoms with E-state index in [0.717, 1.165) is 32.6 Å². The molecule has 2 aromatic rings. The Morgan fingerprint density at radius 3 is 2.90 bits per heavy atom. The SMILES string of the molecule is Fc1cccc(OC2CCN(CCn3nccn3)C2)n1. The summed E-state index contributed by atoms with van der Waals surface area (Å²) in [5, 5.41) is 8.14. The molecule has 3 rings (SSSR count). The lowest BCUT2D eigenvalue weighted by Crippen LogP contribution is -2.28. The van der Waals surface area contributed by atoms with Gasteiger partial charge in [-0.2, -0.15) is 24.4 Å². The first kappa shape index (κ1) is 13.0. The van der Waals surface area contributed by atoms with Gasteiger partial charge in [0.15, 0.2) is 0 Å². The first-order chi connectivity index (χ1) is 9.79. The zero-order valence-corrected chi connectivity index (χ0v) is 11.0. The molecule has 20 heavy (non-hydrogen) atoms. The number of rotatable bonds is 5. The monoisotopic (exact) mass is 277 g/mol. The van der Waals surface area contributed by atoms with Gasteiger partial charge in [0.25, 0.3) is 0 Å². The molecule has 1 atom stereocenters. The minimum atomic E-state index is -0.512. The highest BCUT2D eigenvalue weighted by Gasteiger charge is 2.24. The first-order valence-corrected chi connectivity index (χ1v) is 6.65. The highest BCUT2D eigenvalue weighted by molar-refractivity contribution is 5.11. The van der Waals surface area contributed by atoms with Crippen molar-refractivity contribution in [2.75, 3.05) is 19.6 Å². The molecule has 1 aliphatic rings. The standard InChI is InChI=1S/C13H16FN5O/c14-12-2-1-3-13(17-12)20-11-4-7-18(10-11)8-9-19-15-5-6-16-19/h1-3,5-6,11H,4,7-10H2. The minimum Gasteiger partial charge on any atom is -0.473 e. The second-order valence-electron chi connectivity index (χ2n) is 4.75. The molecule has 0 bridgehead atoms. The first-order valence-electron chi connectivity index (χ1n) is 6.65. The maximum atomic E-state index is 13.0. The van der Waals surface area contributed by atoms with Crippen molar-refractivity contribution in [3.8, 4) is 5.88 Å². The number of pyridine rings is 1. The second-order valence-corrected chi connectivity index (χ2v) is 4.75. The number of ether oxygens (including phenoxy) is 1. The molecule has 0 aliphatic carbocycles. The van der Waals surface area contributed by atoms with Gasteiger partial charge in [-0.05, 0) is 12.5 Å². The van der Waals surface area contributed by atoms with E-state index in [0.29, 0.717) is 5.88 Å². The molecule has 0 radical (unpaired) electrons. The summed E-state index contributed by atoms with van der Waals surface area (Å²) in [5.41, 5.74) is 0. The number of halogens is 1. The van der Waals surface area contributed by atoms with Crippen molar-refractivity contribution in [3.63, 3.8) is 0 Å². The van der Waals surface area contributed by atoms with Crippen molar-refractivity contribution >= 4 is 0 Å². The summed E-state index contributed by atoms with van der Waals surface area (Å²) in [6.45, 7) is 3.42. The molecule has 106 valence electrons. The van der Waals surface area contributed by atoms with E-state index in [1.807, 2.05) is 0 Å². The lowest BCUT2D eigenvalue weighted by atomic mass is 10.3. The Labute approximate surface area is 116 Å². The summed E-state index contributed by atoms with van der Waals surface area (Å²) >= 11 is 0. The van der Waals surface area contributed by atoms with Gasteiger partial charge in [-0.15, -0.1) is 0 Å². The van der Waals surface area contributed by atoms with Crippen molar-refractivity contribution in [1.29, 1.82) is 0 Å². The molecule has 0 saturated carbocycles. The molecule has 1 fully saturated rings. The summed E-state index contributed by atoms with van der Waals surface area (Å²) in [5.74, 6) is -0.160. The Morgan fingerprint density at radius 1 is 1.25 bits per heavy atom. The predicted molar refractivity (Wildman–Crippen MR) is 69.7 cm³/mol. The Hall–Kier alpha value is -2.02. The van der Waals surface area contributed by atoms with Gasteiger partial charge >= 0.3 is 0 Å². The van der Waals surface area contributed by atoms with E-state index in [1.54, 1.807) is 29.3 Å². The number of aromatic nitrogens is 4. The molecule has 0 spiro atoms.